The third-order valence-corrected chi connectivity index (χ3v) is 3.85. The summed E-state index contributed by atoms with van der Waals surface area (Å²) in [5, 5.41) is 13.6. The molecule has 0 fully saturated rings. The van der Waals surface area contributed by atoms with Gasteiger partial charge in [-0.2, -0.15) is 4.98 Å². The van der Waals surface area contributed by atoms with Gasteiger partial charge in [-0.15, -0.1) is 11.8 Å². The van der Waals surface area contributed by atoms with Crippen molar-refractivity contribution in [3.63, 3.8) is 0 Å². The van der Waals surface area contributed by atoms with E-state index in [1.54, 1.807) is 12.1 Å². The highest BCUT2D eigenvalue weighted by molar-refractivity contribution is 7.98. The van der Waals surface area contributed by atoms with Crippen LogP contribution in [0.15, 0.2) is 33.7 Å². The lowest BCUT2D eigenvalue weighted by atomic mass is 10.0. The molecular weight excluding hydrogens is 279 g/mol. The molecule has 1 aromatic carbocycles. The number of hydrogen-bond donors (Lipinski definition) is 1. The van der Waals surface area contributed by atoms with E-state index in [1.165, 1.54) is 23.9 Å². The molecule has 0 saturated carbocycles. The Labute approximate surface area is 121 Å². The molecule has 0 bridgehead atoms. The number of thioether (sulfide) groups is 1. The first kappa shape index (κ1) is 15.0. The van der Waals surface area contributed by atoms with Gasteiger partial charge in [-0.1, -0.05) is 19.0 Å². The van der Waals surface area contributed by atoms with Gasteiger partial charge in [0.1, 0.15) is 5.82 Å². The summed E-state index contributed by atoms with van der Waals surface area (Å²) >= 11 is 1.51. The lowest BCUT2D eigenvalue weighted by molar-refractivity contribution is 0.116. The second-order valence-electron chi connectivity index (χ2n) is 4.86. The molecule has 1 unspecified atom stereocenters. The SMILES string of the molecule is CC(C)C(O)Cc1nc(CSc2ccc(F)cc2)no1. The highest BCUT2D eigenvalue weighted by Crippen LogP contribution is 2.21. The second-order valence-corrected chi connectivity index (χ2v) is 5.91. The normalized spacial score (nSPS) is 12.8. The fourth-order valence-corrected chi connectivity index (χ4v) is 2.27. The molecule has 2 rings (SSSR count). The highest BCUT2D eigenvalue weighted by Gasteiger charge is 2.15. The minimum absolute atomic E-state index is 0.152. The summed E-state index contributed by atoms with van der Waals surface area (Å²) in [6, 6.07) is 6.26. The molecule has 1 atom stereocenters. The average Bonchev–Trinajstić information content (AvgIpc) is 2.85. The third kappa shape index (κ3) is 4.31. The first-order valence-corrected chi connectivity index (χ1v) is 7.41. The van der Waals surface area contributed by atoms with Crippen molar-refractivity contribution in [3.8, 4) is 0 Å². The molecule has 0 amide bonds. The third-order valence-electron chi connectivity index (χ3n) is 2.85. The van der Waals surface area contributed by atoms with E-state index in [0.717, 1.165) is 4.90 Å². The summed E-state index contributed by atoms with van der Waals surface area (Å²) in [7, 11) is 0. The minimum Gasteiger partial charge on any atom is -0.392 e. The van der Waals surface area contributed by atoms with E-state index in [9.17, 15) is 9.50 Å². The van der Waals surface area contributed by atoms with Crippen LogP contribution in [0.4, 0.5) is 4.39 Å². The number of aliphatic hydroxyl groups is 1. The lowest BCUT2D eigenvalue weighted by Crippen LogP contribution is -2.17. The summed E-state index contributed by atoms with van der Waals surface area (Å²) in [4.78, 5) is 5.18. The largest absolute Gasteiger partial charge is 0.392 e. The van der Waals surface area contributed by atoms with E-state index in [4.69, 9.17) is 4.52 Å². The molecule has 20 heavy (non-hydrogen) atoms. The Morgan fingerprint density at radius 2 is 2.00 bits per heavy atom. The highest BCUT2D eigenvalue weighted by atomic mass is 32.2. The standard InChI is InChI=1S/C14H17FN2O2S/c1-9(2)12(18)7-14-16-13(17-19-14)8-20-11-5-3-10(15)4-6-11/h3-6,9,12,18H,7-8H2,1-2H3. The Morgan fingerprint density at radius 3 is 2.65 bits per heavy atom. The van der Waals surface area contributed by atoms with Crippen LogP contribution in [0.2, 0.25) is 0 Å². The molecule has 2 aromatic rings. The molecular formula is C14H17FN2O2S. The Morgan fingerprint density at radius 1 is 1.30 bits per heavy atom. The van der Waals surface area contributed by atoms with Crippen LogP contribution < -0.4 is 0 Å². The van der Waals surface area contributed by atoms with Crippen molar-refractivity contribution >= 4 is 11.8 Å². The molecule has 6 heteroatoms. The van der Waals surface area contributed by atoms with Gasteiger partial charge in [0, 0.05) is 4.90 Å². The van der Waals surface area contributed by atoms with E-state index in [1.807, 2.05) is 13.8 Å². The zero-order chi connectivity index (χ0) is 14.5. The molecule has 0 spiro atoms. The fourth-order valence-electron chi connectivity index (χ4n) is 1.52. The number of hydrogen-bond acceptors (Lipinski definition) is 5. The first-order chi connectivity index (χ1) is 9.54. The number of rotatable bonds is 6. The zero-order valence-electron chi connectivity index (χ0n) is 11.4. The van der Waals surface area contributed by atoms with E-state index in [2.05, 4.69) is 10.1 Å². The topological polar surface area (TPSA) is 59.2 Å². The zero-order valence-corrected chi connectivity index (χ0v) is 12.2. The van der Waals surface area contributed by atoms with Crippen molar-refractivity contribution in [2.45, 2.75) is 37.0 Å². The number of halogens is 1. The predicted molar refractivity (Wildman–Crippen MR) is 74.8 cm³/mol. The molecule has 0 saturated heterocycles. The van der Waals surface area contributed by atoms with E-state index in [0.29, 0.717) is 23.9 Å². The fraction of sp³-hybridized carbons (Fsp3) is 0.429. The number of aromatic nitrogens is 2. The predicted octanol–water partition coefficient (Wildman–Crippen LogP) is 3.06. The van der Waals surface area contributed by atoms with Crippen LogP contribution in [-0.4, -0.2) is 21.4 Å². The maximum absolute atomic E-state index is 12.8. The molecule has 0 radical (unpaired) electrons. The van der Waals surface area contributed by atoms with Crippen LogP contribution in [0.25, 0.3) is 0 Å². The minimum atomic E-state index is -0.479. The van der Waals surface area contributed by atoms with Gasteiger partial charge >= 0.3 is 0 Å². The Kier molecular flexibility index (Phi) is 5.14. The van der Waals surface area contributed by atoms with Crippen LogP contribution in [0, 0.1) is 11.7 Å². The average molecular weight is 296 g/mol. The number of nitrogens with zero attached hydrogens (tertiary/aromatic N) is 2. The summed E-state index contributed by atoms with van der Waals surface area (Å²) in [6.07, 6.45) is -0.112. The van der Waals surface area contributed by atoms with Gasteiger partial charge < -0.3 is 9.63 Å². The van der Waals surface area contributed by atoms with Crippen molar-refractivity contribution in [2.75, 3.05) is 0 Å². The summed E-state index contributed by atoms with van der Waals surface area (Å²) in [6.45, 7) is 3.87. The molecule has 0 aliphatic heterocycles. The Balaban J connectivity index is 1.88. The summed E-state index contributed by atoms with van der Waals surface area (Å²) in [5.74, 6) is 1.47. The van der Waals surface area contributed by atoms with Gasteiger partial charge in [-0.25, -0.2) is 4.39 Å². The van der Waals surface area contributed by atoms with Crippen molar-refractivity contribution in [1.29, 1.82) is 0 Å². The molecule has 108 valence electrons. The van der Waals surface area contributed by atoms with Gasteiger partial charge in [-0.05, 0) is 30.2 Å². The molecule has 1 aromatic heterocycles. The molecule has 0 aliphatic rings. The summed E-state index contributed by atoms with van der Waals surface area (Å²) in [5.41, 5.74) is 0. The smallest absolute Gasteiger partial charge is 0.229 e. The van der Waals surface area contributed by atoms with Crippen LogP contribution in [-0.2, 0) is 12.2 Å². The lowest BCUT2D eigenvalue weighted by Gasteiger charge is -2.10. The summed E-state index contributed by atoms with van der Waals surface area (Å²) < 4.78 is 17.9. The van der Waals surface area contributed by atoms with Gasteiger partial charge in [0.15, 0.2) is 5.82 Å². The van der Waals surface area contributed by atoms with Crippen molar-refractivity contribution in [1.82, 2.24) is 10.1 Å². The number of aliphatic hydroxyl groups excluding tert-OH is 1. The molecule has 1 heterocycles. The van der Waals surface area contributed by atoms with Crippen LogP contribution in [0.5, 0.6) is 0 Å². The quantitative estimate of drug-likeness (QED) is 0.830. The van der Waals surface area contributed by atoms with Crippen molar-refractivity contribution < 1.29 is 14.0 Å². The van der Waals surface area contributed by atoms with Crippen LogP contribution >= 0.6 is 11.8 Å². The van der Waals surface area contributed by atoms with E-state index < -0.39 is 6.10 Å². The van der Waals surface area contributed by atoms with Gasteiger partial charge in [-0.3, -0.25) is 0 Å². The van der Waals surface area contributed by atoms with Gasteiger partial charge in [0.05, 0.1) is 18.3 Å². The first-order valence-electron chi connectivity index (χ1n) is 6.42. The van der Waals surface area contributed by atoms with Gasteiger partial charge in [0.2, 0.25) is 5.89 Å². The second kappa shape index (κ2) is 6.85. The Bertz CT molecular complexity index is 542. The maximum atomic E-state index is 12.8. The van der Waals surface area contributed by atoms with Crippen LogP contribution in [0.1, 0.15) is 25.6 Å². The number of benzene rings is 1. The molecule has 0 aliphatic carbocycles. The van der Waals surface area contributed by atoms with Crippen molar-refractivity contribution in [2.24, 2.45) is 5.92 Å². The van der Waals surface area contributed by atoms with Gasteiger partial charge in [0.25, 0.3) is 0 Å². The monoisotopic (exact) mass is 296 g/mol. The van der Waals surface area contributed by atoms with Crippen LogP contribution in [0.3, 0.4) is 0 Å². The van der Waals surface area contributed by atoms with E-state index >= 15 is 0 Å². The van der Waals surface area contributed by atoms with Crippen molar-refractivity contribution in [3.05, 3.63) is 41.8 Å². The maximum Gasteiger partial charge on any atom is 0.229 e. The Hall–Kier alpha value is -1.40. The molecule has 1 N–H and O–H groups in total. The van der Waals surface area contributed by atoms with E-state index in [-0.39, 0.29) is 11.7 Å². The molecule has 4 nitrogen and oxygen atoms in total.